The molecule has 10 nitrogen and oxygen atoms in total. The lowest BCUT2D eigenvalue weighted by molar-refractivity contribution is -0.137. The van der Waals surface area contributed by atoms with Crippen molar-refractivity contribution < 1.29 is 24.0 Å². The second-order valence-corrected chi connectivity index (χ2v) is 7.81. The first-order valence-electron chi connectivity index (χ1n) is 9.87. The van der Waals surface area contributed by atoms with Gasteiger partial charge in [-0.2, -0.15) is 0 Å². The molecule has 1 fully saturated rings. The molecule has 0 spiro atoms. The van der Waals surface area contributed by atoms with Crippen molar-refractivity contribution in [2.75, 3.05) is 19.6 Å². The van der Waals surface area contributed by atoms with E-state index in [9.17, 15) is 24.0 Å². The molecule has 1 aliphatic heterocycles. The third-order valence-corrected chi connectivity index (χ3v) is 4.80. The predicted molar refractivity (Wildman–Crippen MR) is 106 cm³/mol. The van der Waals surface area contributed by atoms with Crippen molar-refractivity contribution in [1.29, 1.82) is 0 Å². The van der Waals surface area contributed by atoms with Crippen molar-refractivity contribution in [3.05, 3.63) is 0 Å². The van der Waals surface area contributed by atoms with Crippen LogP contribution in [-0.4, -0.2) is 72.6 Å². The van der Waals surface area contributed by atoms with Gasteiger partial charge in [0.05, 0.1) is 19.1 Å². The molecule has 3 atom stereocenters. The van der Waals surface area contributed by atoms with Crippen LogP contribution in [0.4, 0.5) is 0 Å². The molecule has 10 heteroatoms. The number of amides is 4. The molecule has 3 unspecified atom stereocenters. The smallest absolute Gasteiger partial charge is 0.246 e. The molecule has 0 bridgehead atoms. The SMILES string of the molecule is CC(C)C(NC(=O)CN)C(=O)NCC(=O)NC(C(=O)N1CCCC1[C]=O)C(C)C. The maximum atomic E-state index is 12.8. The number of hydrogen-bond acceptors (Lipinski definition) is 6. The summed E-state index contributed by atoms with van der Waals surface area (Å²) in [5.41, 5.74) is 5.26. The van der Waals surface area contributed by atoms with Gasteiger partial charge in [0.2, 0.25) is 29.9 Å². The van der Waals surface area contributed by atoms with E-state index in [2.05, 4.69) is 16.0 Å². The fraction of sp³-hybridized carbons (Fsp3) is 0.737. The van der Waals surface area contributed by atoms with Gasteiger partial charge in [0.1, 0.15) is 12.1 Å². The van der Waals surface area contributed by atoms with E-state index in [1.165, 1.54) is 4.90 Å². The molecule has 0 aliphatic carbocycles. The van der Waals surface area contributed by atoms with Crippen LogP contribution in [0, 0.1) is 11.8 Å². The first-order valence-corrected chi connectivity index (χ1v) is 9.87. The van der Waals surface area contributed by atoms with E-state index < -0.39 is 35.8 Å². The minimum atomic E-state index is -0.824. The van der Waals surface area contributed by atoms with Crippen LogP contribution in [0.3, 0.4) is 0 Å². The van der Waals surface area contributed by atoms with E-state index in [0.717, 1.165) is 0 Å². The van der Waals surface area contributed by atoms with Crippen molar-refractivity contribution >= 4 is 29.9 Å². The lowest BCUT2D eigenvalue weighted by atomic mass is 10.0. The normalized spacial score (nSPS) is 18.3. The standard InChI is InChI=1S/C19H32N5O5/c1-11(2)16(22-14(26)8-20)18(28)21-9-15(27)23-17(12(3)4)19(29)24-7-5-6-13(24)10-25/h11-13,16-17H,5-9,20H2,1-4H3,(H,21,28)(H,22,26)(H,23,27). The Kier molecular flexibility index (Phi) is 9.73. The lowest BCUT2D eigenvalue weighted by Crippen LogP contribution is -2.56. The number of nitrogens with two attached hydrogens (primary N) is 1. The van der Waals surface area contributed by atoms with Crippen LogP contribution >= 0.6 is 0 Å². The summed E-state index contributed by atoms with van der Waals surface area (Å²) in [7, 11) is 0. The Bertz CT molecular complexity index is 622. The molecule has 5 N–H and O–H groups in total. The Morgan fingerprint density at radius 1 is 1.03 bits per heavy atom. The van der Waals surface area contributed by atoms with E-state index in [0.29, 0.717) is 19.4 Å². The number of hydrogen-bond donors (Lipinski definition) is 4. The van der Waals surface area contributed by atoms with Gasteiger partial charge < -0.3 is 26.6 Å². The van der Waals surface area contributed by atoms with Gasteiger partial charge in [-0.05, 0) is 24.7 Å². The fourth-order valence-electron chi connectivity index (χ4n) is 3.11. The van der Waals surface area contributed by atoms with Gasteiger partial charge in [0.15, 0.2) is 0 Å². The summed E-state index contributed by atoms with van der Waals surface area (Å²) in [5, 5.41) is 7.61. The highest BCUT2D eigenvalue weighted by Crippen LogP contribution is 2.18. The first-order chi connectivity index (χ1) is 13.6. The van der Waals surface area contributed by atoms with Crippen LogP contribution in [0.5, 0.6) is 0 Å². The molecule has 0 aromatic heterocycles. The first kappa shape index (κ1) is 24.5. The summed E-state index contributed by atoms with van der Waals surface area (Å²) >= 11 is 0. The average Bonchev–Trinajstić information content (AvgIpc) is 3.15. The van der Waals surface area contributed by atoms with E-state index in [-0.39, 0.29) is 30.8 Å². The Balaban J connectivity index is 2.67. The van der Waals surface area contributed by atoms with E-state index >= 15 is 0 Å². The maximum Gasteiger partial charge on any atom is 0.246 e. The highest BCUT2D eigenvalue weighted by Gasteiger charge is 2.35. The molecule has 1 heterocycles. The largest absolute Gasteiger partial charge is 0.345 e. The van der Waals surface area contributed by atoms with Crippen LogP contribution in [0.1, 0.15) is 40.5 Å². The van der Waals surface area contributed by atoms with Gasteiger partial charge >= 0.3 is 0 Å². The monoisotopic (exact) mass is 410 g/mol. The van der Waals surface area contributed by atoms with Crippen molar-refractivity contribution in [3.63, 3.8) is 0 Å². The third-order valence-electron chi connectivity index (χ3n) is 4.80. The van der Waals surface area contributed by atoms with Crippen molar-refractivity contribution in [1.82, 2.24) is 20.9 Å². The zero-order valence-corrected chi connectivity index (χ0v) is 17.5. The summed E-state index contributed by atoms with van der Waals surface area (Å²) < 4.78 is 0. The fourth-order valence-corrected chi connectivity index (χ4v) is 3.11. The molecule has 29 heavy (non-hydrogen) atoms. The number of carbonyl (C=O) groups excluding carboxylic acids is 5. The van der Waals surface area contributed by atoms with E-state index in [1.54, 1.807) is 27.7 Å². The number of nitrogens with zero attached hydrogens (tertiary/aromatic N) is 1. The van der Waals surface area contributed by atoms with Crippen LogP contribution in [-0.2, 0) is 24.0 Å². The van der Waals surface area contributed by atoms with Gasteiger partial charge in [-0.15, -0.1) is 0 Å². The summed E-state index contributed by atoms with van der Waals surface area (Å²) in [6, 6.07) is -2.22. The average molecular weight is 410 g/mol. The highest BCUT2D eigenvalue weighted by molar-refractivity contribution is 5.93. The van der Waals surface area contributed by atoms with Crippen molar-refractivity contribution in [2.45, 2.75) is 58.7 Å². The van der Waals surface area contributed by atoms with Gasteiger partial charge in [0, 0.05) is 6.54 Å². The quantitative estimate of drug-likeness (QED) is 0.342. The van der Waals surface area contributed by atoms with Crippen LogP contribution in [0.15, 0.2) is 0 Å². The Morgan fingerprint density at radius 2 is 1.62 bits per heavy atom. The van der Waals surface area contributed by atoms with Crippen LogP contribution in [0.25, 0.3) is 0 Å². The van der Waals surface area contributed by atoms with Crippen molar-refractivity contribution in [3.8, 4) is 0 Å². The van der Waals surface area contributed by atoms with Gasteiger partial charge in [-0.3, -0.25) is 24.0 Å². The molecule has 1 aliphatic rings. The van der Waals surface area contributed by atoms with E-state index in [1.807, 2.05) is 6.29 Å². The number of likely N-dealkylation sites (tertiary alicyclic amines) is 1. The summed E-state index contributed by atoms with van der Waals surface area (Å²) in [5.74, 6) is -2.27. The second-order valence-electron chi connectivity index (χ2n) is 7.81. The molecular formula is C19H32N5O5. The molecule has 0 saturated carbocycles. The van der Waals surface area contributed by atoms with E-state index in [4.69, 9.17) is 5.73 Å². The summed E-state index contributed by atoms with van der Waals surface area (Å²) in [4.78, 5) is 61.4. The van der Waals surface area contributed by atoms with Gasteiger partial charge in [0.25, 0.3) is 0 Å². The lowest BCUT2D eigenvalue weighted by Gasteiger charge is -2.29. The van der Waals surface area contributed by atoms with Gasteiger partial charge in [-0.25, -0.2) is 0 Å². The summed E-state index contributed by atoms with van der Waals surface area (Å²) in [6.07, 6.45) is 3.15. The zero-order chi connectivity index (χ0) is 22.1. The number of carbonyl (C=O) groups is 4. The molecule has 4 amide bonds. The Morgan fingerprint density at radius 3 is 2.14 bits per heavy atom. The molecule has 163 valence electrons. The zero-order valence-electron chi connectivity index (χ0n) is 17.5. The Labute approximate surface area is 171 Å². The van der Waals surface area contributed by atoms with Crippen LogP contribution < -0.4 is 21.7 Å². The predicted octanol–water partition coefficient (Wildman–Crippen LogP) is -1.56. The third kappa shape index (κ3) is 7.12. The molecule has 1 rings (SSSR count). The van der Waals surface area contributed by atoms with Crippen LogP contribution in [0.2, 0.25) is 0 Å². The molecule has 0 aromatic rings. The van der Waals surface area contributed by atoms with Crippen molar-refractivity contribution in [2.24, 2.45) is 17.6 Å². The molecule has 1 saturated heterocycles. The highest BCUT2D eigenvalue weighted by atomic mass is 16.2. The number of nitrogens with one attached hydrogen (secondary N) is 3. The molecular weight excluding hydrogens is 378 g/mol. The minimum Gasteiger partial charge on any atom is -0.345 e. The minimum absolute atomic E-state index is 0.203. The van der Waals surface area contributed by atoms with Gasteiger partial charge in [-0.1, -0.05) is 27.7 Å². The maximum absolute atomic E-state index is 12.8. The Hall–Kier alpha value is -2.49. The number of rotatable bonds is 10. The summed E-state index contributed by atoms with van der Waals surface area (Å²) in [6.45, 7) is 6.94. The molecule has 0 aromatic carbocycles. The second kappa shape index (κ2) is 11.5. The topological polar surface area (TPSA) is 151 Å². The molecule has 1 radical (unpaired) electrons.